The Labute approximate surface area is 138 Å². The third-order valence-electron chi connectivity index (χ3n) is 4.92. The normalized spacial score (nSPS) is 23.1. The number of aromatic nitrogens is 2. The van der Waals surface area contributed by atoms with Crippen molar-refractivity contribution >= 4 is 15.7 Å². The number of aryl methyl sites for hydroxylation is 2. The van der Waals surface area contributed by atoms with E-state index in [1.54, 1.807) is 0 Å². The summed E-state index contributed by atoms with van der Waals surface area (Å²) in [6.45, 7) is 7.41. The smallest absolute Gasteiger partial charge is 0.152 e. The van der Waals surface area contributed by atoms with Crippen LogP contribution in [0, 0.1) is 6.92 Å². The molecule has 0 atom stereocenters. The van der Waals surface area contributed by atoms with Crippen molar-refractivity contribution in [2.75, 3.05) is 42.6 Å². The zero-order chi connectivity index (χ0) is 16.4. The largest absolute Gasteiger partial charge is 0.356 e. The summed E-state index contributed by atoms with van der Waals surface area (Å²) in [6, 6.07) is 2.61. The van der Waals surface area contributed by atoms with Crippen LogP contribution in [0.25, 0.3) is 0 Å². The van der Waals surface area contributed by atoms with Gasteiger partial charge in [0.15, 0.2) is 9.84 Å². The van der Waals surface area contributed by atoms with Crippen LogP contribution in [0.15, 0.2) is 6.07 Å². The van der Waals surface area contributed by atoms with E-state index in [0.717, 1.165) is 49.7 Å². The van der Waals surface area contributed by atoms with Gasteiger partial charge in [0.25, 0.3) is 0 Å². The topological polar surface area (TPSA) is 66.4 Å². The Bertz CT molecular complexity index is 640. The molecule has 3 rings (SSSR count). The zero-order valence-corrected chi connectivity index (χ0v) is 14.8. The molecule has 7 heteroatoms. The van der Waals surface area contributed by atoms with E-state index in [1.165, 1.54) is 0 Å². The number of hydrogen-bond donors (Lipinski definition) is 0. The van der Waals surface area contributed by atoms with Crippen LogP contribution in [-0.4, -0.2) is 67.0 Å². The van der Waals surface area contributed by atoms with E-state index in [0.29, 0.717) is 30.6 Å². The predicted octanol–water partition coefficient (Wildman–Crippen LogP) is 1.05. The van der Waals surface area contributed by atoms with Crippen LogP contribution >= 0.6 is 0 Å². The van der Waals surface area contributed by atoms with Crippen LogP contribution in [0.3, 0.4) is 0 Å². The summed E-state index contributed by atoms with van der Waals surface area (Å²) in [7, 11) is -2.79. The lowest BCUT2D eigenvalue weighted by molar-refractivity contribution is 0.182. The van der Waals surface area contributed by atoms with Crippen molar-refractivity contribution in [3.8, 4) is 0 Å². The lowest BCUT2D eigenvalue weighted by Gasteiger charge is -2.40. The number of nitrogens with zero attached hydrogens (tertiary/aromatic N) is 4. The molecule has 128 valence electrons. The molecule has 0 radical (unpaired) electrons. The highest BCUT2D eigenvalue weighted by molar-refractivity contribution is 7.91. The Balaban J connectivity index is 1.59. The van der Waals surface area contributed by atoms with Crippen molar-refractivity contribution in [1.29, 1.82) is 0 Å². The molecule has 0 saturated carbocycles. The van der Waals surface area contributed by atoms with E-state index < -0.39 is 9.84 Å². The fraction of sp³-hybridized carbons (Fsp3) is 0.750. The van der Waals surface area contributed by atoms with Crippen LogP contribution in [0.2, 0.25) is 0 Å². The van der Waals surface area contributed by atoms with Crippen molar-refractivity contribution in [1.82, 2.24) is 14.9 Å². The van der Waals surface area contributed by atoms with Gasteiger partial charge in [-0.15, -0.1) is 0 Å². The summed E-state index contributed by atoms with van der Waals surface area (Å²) >= 11 is 0. The summed E-state index contributed by atoms with van der Waals surface area (Å²) in [4.78, 5) is 13.7. The van der Waals surface area contributed by atoms with E-state index >= 15 is 0 Å². The van der Waals surface area contributed by atoms with Gasteiger partial charge in [-0.1, -0.05) is 6.92 Å². The molecule has 6 nitrogen and oxygen atoms in total. The van der Waals surface area contributed by atoms with Crippen molar-refractivity contribution < 1.29 is 8.42 Å². The summed E-state index contributed by atoms with van der Waals surface area (Å²) in [6.07, 6.45) is 3.07. The molecule has 0 bridgehead atoms. The van der Waals surface area contributed by atoms with Crippen LogP contribution < -0.4 is 4.90 Å². The molecule has 2 aliphatic rings. The Morgan fingerprint density at radius 1 is 1.13 bits per heavy atom. The fourth-order valence-corrected chi connectivity index (χ4v) is 4.74. The van der Waals surface area contributed by atoms with Crippen LogP contribution in [0.5, 0.6) is 0 Å². The summed E-state index contributed by atoms with van der Waals surface area (Å²) in [5.41, 5.74) is 1.09. The number of hydrogen-bond acceptors (Lipinski definition) is 6. The molecule has 0 N–H and O–H groups in total. The van der Waals surface area contributed by atoms with Gasteiger partial charge in [0, 0.05) is 44.0 Å². The lowest BCUT2D eigenvalue weighted by atomic mass is 10.0. The molecule has 3 heterocycles. The Morgan fingerprint density at radius 2 is 1.78 bits per heavy atom. The third kappa shape index (κ3) is 4.01. The first-order valence-corrected chi connectivity index (χ1v) is 10.3. The first kappa shape index (κ1) is 16.6. The highest BCUT2D eigenvalue weighted by Crippen LogP contribution is 2.23. The van der Waals surface area contributed by atoms with Gasteiger partial charge < -0.3 is 4.90 Å². The van der Waals surface area contributed by atoms with E-state index in [2.05, 4.69) is 32.8 Å². The second-order valence-corrected chi connectivity index (χ2v) is 8.83. The van der Waals surface area contributed by atoms with Gasteiger partial charge >= 0.3 is 0 Å². The van der Waals surface area contributed by atoms with Crippen LogP contribution in [0.4, 0.5) is 5.82 Å². The van der Waals surface area contributed by atoms with Gasteiger partial charge in [0.05, 0.1) is 11.5 Å². The number of anilines is 1. The van der Waals surface area contributed by atoms with E-state index in [-0.39, 0.29) is 0 Å². The number of rotatable bonds is 3. The minimum atomic E-state index is -2.79. The molecular formula is C16H26N4O2S. The average molecular weight is 338 g/mol. The van der Waals surface area contributed by atoms with Crippen molar-refractivity contribution in [2.24, 2.45) is 0 Å². The van der Waals surface area contributed by atoms with Gasteiger partial charge in [-0.3, -0.25) is 4.90 Å². The molecule has 0 aliphatic carbocycles. The van der Waals surface area contributed by atoms with Crippen LogP contribution in [-0.2, 0) is 16.3 Å². The second-order valence-electron chi connectivity index (χ2n) is 6.52. The van der Waals surface area contributed by atoms with Crippen molar-refractivity contribution in [3.05, 3.63) is 17.6 Å². The highest BCUT2D eigenvalue weighted by atomic mass is 32.2. The second kappa shape index (κ2) is 6.73. The number of sulfone groups is 1. The summed E-state index contributed by atoms with van der Waals surface area (Å²) in [5.74, 6) is 2.51. The van der Waals surface area contributed by atoms with Crippen molar-refractivity contribution in [2.45, 2.75) is 39.2 Å². The third-order valence-corrected chi connectivity index (χ3v) is 6.53. The lowest BCUT2D eigenvalue weighted by Crippen LogP contribution is -2.50. The average Bonchev–Trinajstić information content (AvgIpc) is 2.54. The minimum absolute atomic E-state index is 0.318. The molecule has 23 heavy (non-hydrogen) atoms. The molecule has 0 spiro atoms. The Morgan fingerprint density at radius 3 is 2.39 bits per heavy atom. The number of piperidine rings is 1. The Hall–Kier alpha value is -1.21. The van der Waals surface area contributed by atoms with E-state index in [9.17, 15) is 8.42 Å². The minimum Gasteiger partial charge on any atom is -0.356 e. The maximum atomic E-state index is 11.6. The molecule has 0 amide bonds. The summed E-state index contributed by atoms with van der Waals surface area (Å²) < 4.78 is 23.1. The van der Waals surface area contributed by atoms with Gasteiger partial charge in [0.1, 0.15) is 11.6 Å². The van der Waals surface area contributed by atoms with Crippen molar-refractivity contribution in [3.63, 3.8) is 0 Å². The van der Waals surface area contributed by atoms with Gasteiger partial charge in [-0.05, 0) is 26.2 Å². The zero-order valence-electron chi connectivity index (χ0n) is 14.0. The SMILES string of the molecule is CCc1cc(N2CCC(N3CCS(=O)(=O)CC3)CC2)nc(C)n1. The van der Waals surface area contributed by atoms with Gasteiger partial charge in [-0.2, -0.15) is 0 Å². The van der Waals surface area contributed by atoms with E-state index in [4.69, 9.17) is 0 Å². The quantitative estimate of drug-likeness (QED) is 0.821. The molecule has 1 aromatic rings. The van der Waals surface area contributed by atoms with Gasteiger partial charge in [-0.25, -0.2) is 18.4 Å². The maximum absolute atomic E-state index is 11.6. The summed E-state index contributed by atoms with van der Waals surface area (Å²) in [5, 5.41) is 0. The highest BCUT2D eigenvalue weighted by Gasteiger charge is 2.30. The standard InChI is InChI=1S/C16H26N4O2S/c1-3-14-12-16(18-13(2)17-14)20-6-4-15(5-7-20)19-8-10-23(21,22)11-9-19/h12,15H,3-11H2,1-2H3. The predicted molar refractivity (Wildman–Crippen MR) is 91.6 cm³/mol. The molecule has 2 fully saturated rings. The van der Waals surface area contributed by atoms with Crippen LogP contribution in [0.1, 0.15) is 31.3 Å². The molecule has 0 aromatic carbocycles. The van der Waals surface area contributed by atoms with E-state index in [1.807, 2.05) is 6.92 Å². The maximum Gasteiger partial charge on any atom is 0.152 e. The molecule has 1 aromatic heterocycles. The molecule has 2 saturated heterocycles. The first-order valence-electron chi connectivity index (χ1n) is 8.51. The molecular weight excluding hydrogens is 312 g/mol. The monoisotopic (exact) mass is 338 g/mol. The molecule has 2 aliphatic heterocycles. The molecule has 0 unspecified atom stereocenters. The Kier molecular flexibility index (Phi) is 4.87. The first-order chi connectivity index (χ1) is 11.0. The fourth-order valence-electron chi connectivity index (χ4n) is 3.51. The van der Waals surface area contributed by atoms with Gasteiger partial charge in [0.2, 0.25) is 0 Å².